The maximum absolute atomic E-state index is 12.5. The monoisotopic (exact) mass is 317 g/mol. The fourth-order valence-corrected chi connectivity index (χ4v) is 3.19. The quantitative estimate of drug-likeness (QED) is 0.719. The number of piperidine rings is 1. The van der Waals surface area contributed by atoms with Crippen LogP contribution in [0.5, 0.6) is 0 Å². The lowest BCUT2D eigenvalue weighted by Gasteiger charge is -2.26. The van der Waals surface area contributed by atoms with Crippen LogP contribution < -0.4 is 0 Å². The lowest BCUT2D eigenvalue weighted by molar-refractivity contribution is 0.0724. The Hall–Kier alpha value is -2.75. The number of hydrogen-bond acceptors (Lipinski definition) is 3. The normalized spacial score (nSPS) is 14.8. The smallest absolute Gasteiger partial charge is 0.253 e. The Morgan fingerprint density at radius 3 is 2.50 bits per heavy atom. The maximum atomic E-state index is 12.5. The van der Waals surface area contributed by atoms with Gasteiger partial charge in [-0.15, -0.1) is 0 Å². The molecule has 0 bridgehead atoms. The molecule has 4 heteroatoms. The van der Waals surface area contributed by atoms with E-state index in [1.165, 1.54) is 6.42 Å². The summed E-state index contributed by atoms with van der Waals surface area (Å²) in [6, 6.07) is 13.8. The van der Waals surface area contributed by atoms with Crippen molar-refractivity contribution in [2.24, 2.45) is 0 Å². The second-order valence-electron chi connectivity index (χ2n) is 6.20. The van der Waals surface area contributed by atoms with Crippen LogP contribution in [0.15, 0.2) is 54.9 Å². The van der Waals surface area contributed by atoms with Crippen LogP contribution in [-0.4, -0.2) is 33.9 Å². The molecule has 1 aromatic carbocycles. The van der Waals surface area contributed by atoms with E-state index in [1.807, 2.05) is 47.4 Å². The molecule has 4 rings (SSSR count). The van der Waals surface area contributed by atoms with Gasteiger partial charge in [0.2, 0.25) is 0 Å². The highest BCUT2D eigenvalue weighted by atomic mass is 16.2. The van der Waals surface area contributed by atoms with Gasteiger partial charge in [0.1, 0.15) is 0 Å². The topological polar surface area (TPSA) is 46.1 Å². The van der Waals surface area contributed by atoms with Crippen molar-refractivity contribution in [1.29, 1.82) is 0 Å². The molecule has 2 aromatic heterocycles. The Balaban J connectivity index is 1.59. The SMILES string of the molecule is O=C(c1ccc(-c2ccc3ccncc3n2)cc1)N1CCCCC1. The van der Waals surface area contributed by atoms with E-state index in [1.54, 1.807) is 12.4 Å². The lowest BCUT2D eigenvalue weighted by Crippen LogP contribution is -2.35. The first-order chi connectivity index (χ1) is 11.8. The minimum Gasteiger partial charge on any atom is -0.339 e. The first-order valence-electron chi connectivity index (χ1n) is 8.42. The van der Waals surface area contributed by atoms with Crippen molar-refractivity contribution in [3.8, 4) is 11.3 Å². The molecule has 1 aliphatic rings. The number of amides is 1. The second kappa shape index (κ2) is 6.40. The van der Waals surface area contributed by atoms with Crippen molar-refractivity contribution < 1.29 is 4.79 Å². The second-order valence-corrected chi connectivity index (χ2v) is 6.20. The van der Waals surface area contributed by atoms with Crippen LogP contribution in [0.1, 0.15) is 29.6 Å². The van der Waals surface area contributed by atoms with Crippen LogP contribution in [0.3, 0.4) is 0 Å². The van der Waals surface area contributed by atoms with Crippen molar-refractivity contribution >= 4 is 16.8 Å². The molecule has 3 aromatic rings. The van der Waals surface area contributed by atoms with Crippen LogP contribution in [-0.2, 0) is 0 Å². The summed E-state index contributed by atoms with van der Waals surface area (Å²) in [5.41, 5.74) is 3.54. The Morgan fingerprint density at radius 1 is 0.917 bits per heavy atom. The third-order valence-electron chi connectivity index (χ3n) is 4.57. The molecule has 0 saturated carbocycles. The van der Waals surface area contributed by atoms with E-state index in [2.05, 4.69) is 9.97 Å². The van der Waals surface area contributed by atoms with Crippen LogP contribution in [0, 0.1) is 0 Å². The van der Waals surface area contributed by atoms with Crippen molar-refractivity contribution in [3.63, 3.8) is 0 Å². The van der Waals surface area contributed by atoms with E-state index in [0.29, 0.717) is 0 Å². The van der Waals surface area contributed by atoms with E-state index in [4.69, 9.17) is 0 Å². The van der Waals surface area contributed by atoms with Gasteiger partial charge in [-0.05, 0) is 43.5 Å². The average Bonchev–Trinajstić information content (AvgIpc) is 2.68. The van der Waals surface area contributed by atoms with Gasteiger partial charge in [-0.1, -0.05) is 18.2 Å². The Kier molecular flexibility index (Phi) is 3.95. The molecular formula is C20H19N3O. The molecule has 0 aliphatic carbocycles. The van der Waals surface area contributed by atoms with E-state index in [-0.39, 0.29) is 5.91 Å². The van der Waals surface area contributed by atoms with Gasteiger partial charge < -0.3 is 4.90 Å². The fourth-order valence-electron chi connectivity index (χ4n) is 3.19. The van der Waals surface area contributed by atoms with Crippen LogP contribution in [0.2, 0.25) is 0 Å². The zero-order chi connectivity index (χ0) is 16.4. The van der Waals surface area contributed by atoms with Gasteiger partial charge in [-0.3, -0.25) is 9.78 Å². The lowest BCUT2D eigenvalue weighted by atomic mass is 10.1. The van der Waals surface area contributed by atoms with Gasteiger partial charge in [0.25, 0.3) is 5.91 Å². The number of aromatic nitrogens is 2. The molecule has 1 aliphatic heterocycles. The molecule has 0 N–H and O–H groups in total. The predicted octanol–water partition coefficient (Wildman–Crippen LogP) is 3.92. The highest BCUT2D eigenvalue weighted by molar-refractivity contribution is 5.94. The minimum atomic E-state index is 0.136. The van der Waals surface area contributed by atoms with Gasteiger partial charge in [0.05, 0.1) is 17.4 Å². The van der Waals surface area contributed by atoms with Crippen LogP contribution >= 0.6 is 0 Å². The van der Waals surface area contributed by atoms with Crippen LogP contribution in [0.4, 0.5) is 0 Å². The number of pyridine rings is 2. The maximum Gasteiger partial charge on any atom is 0.253 e. The summed E-state index contributed by atoms with van der Waals surface area (Å²) in [4.78, 5) is 23.3. The molecule has 0 spiro atoms. The zero-order valence-electron chi connectivity index (χ0n) is 13.5. The molecule has 3 heterocycles. The molecule has 0 unspecified atom stereocenters. The number of nitrogens with zero attached hydrogens (tertiary/aromatic N) is 3. The standard InChI is InChI=1S/C20H19N3O/c24-20(23-12-2-1-3-13-23)17-6-4-15(5-7-17)18-9-8-16-10-11-21-14-19(16)22-18/h4-11,14H,1-3,12-13H2. The van der Waals surface area contributed by atoms with Crippen molar-refractivity contribution in [3.05, 3.63) is 60.4 Å². The molecule has 1 amide bonds. The van der Waals surface area contributed by atoms with E-state index in [9.17, 15) is 4.79 Å². The average molecular weight is 317 g/mol. The number of benzene rings is 1. The molecule has 4 nitrogen and oxygen atoms in total. The molecule has 1 saturated heterocycles. The Morgan fingerprint density at radius 2 is 1.71 bits per heavy atom. The van der Waals surface area contributed by atoms with E-state index < -0.39 is 0 Å². The number of rotatable bonds is 2. The summed E-state index contributed by atoms with van der Waals surface area (Å²) in [7, 11) is 0. The number of likely N-dealkylation sites (tertiary alicyclic amines) is 1. The van der Waals surface area contributed by atoms with E-state index >= 15 is 0 Å². The summed E-state index contributed by atoms with van der Waals surface area (Å²) in [6.45, 7) is 1.75. The number of hydrogen-bond donors (Lipinski definition) is 0. The molecular weight excluding hydrogens is 298 g/mol. The Labute approximate surface area is 141 Å². The summed E-state index contributed by atoms with van der Waals surface area (Å²) in [5, 5.41) is 1.07. The highest BCUT2D eigenvalue weighted by Gasteiger charge is 2.18. The molecule has 1 fully saturated rings. The molecule has 0 radical (unpaired) electrons. The third kappa shape index (κ3) is 2.87. The summed E-state index contributed by atoms with van der Waals surface area (Å²) in [6.07, 6.45) is 6.99. The van der Waals surface area contributed by atoms with Crippen molar-refractivity contribution in [2.75, 3.05) is 13.1 Å². The first kappa shape index (κ1) is 14.8. The summed E-state index contributed by atoms with van der Waals surface area (Å²) in [5.74, 6) is 0.136. The third-order valence-corrected chi connectivity index (χ3v) is 4.57. The predicted molar refractivity (Wildman–Crippen MR) is 94.7 cm³/mol. The number of fused-ring (bicyclic) bond motifs is 1. The van der Waals surface area contributed by atoms with Gasteiger partial charge in [-0.2, -0.15) is 0 Å². The fraction of sp³-hybridized carbons (Fsp3) is 0.250. The van der Waals surface area contributed by atoms with Crippen molar-refractivity contribution in [2.45, 2.75) is 19.3 Å². The zero-order valence-corrected chi connectivity index (χ0v) is 13.5. The van der Waals surface area contributed by atoms with Gasteiger partial charge in [0.15, 0.2) is 0 Å². The molecule has 0 atom stereocenters. The summed E-state index contributed by atoms with van der Waals surface area (Å²) >= 11 is 0. The highest BCUT2D eigenvalue weighted by Crippen LogP contribution is 2.22. The minimum absolute atomic E-state index is 0.136. The van der Waals surface area contributed by atoms with Crippen molar-refractivity contribution in [1.82, 2.24) is 14.9 Å². The number of carbonyl (C=O) groups excluding carboxylic acids is 1. The van der Waals surface area contributed by atoms with Gasteiger partial charge >= 0.3 is 0 Å². The molecule has 120 valence electrons. The number of carbonyl (C=O) groups is 1. The Bertz CT molecular complexity index is 867. The van der Waals surface area contributed by atoms with Gasteiger partial charge in [-0.25, -0.2) is 4.98 Å². The molecule has 24 heavy (non-hydrogen) atoms. The largest absolute Gasteiger partial charge is 0.339 e. The summed E-state index contributed by atoms with van der Waals surface area (Å²) < 4.78 is 0. The van der Waals surface area contributed by atoms with Crippen LogP contribution in [0.25, 0.3) is 22.2 Å². The first-order valence-corrected chi connectivity index (χ1v) is 8.42. The van der Waals surface area contributed by atoms with Gasteiger partial charge in [0, 0.05) is 35.8 Å². The van der Waals surface area contributed by atoms with E-state index in [0.717, 1.165) is 53.7 Å².